The molecule has 1 aromatic carbocycles. The molecule has 2 aliphatic rings. The lowest BCUT2D eigenvalue weighted by Gasteiger charge is -2.36. The van der Waals surface area contributed by atoms with E-state index in [1.807, 2.05) is 43.3 Å². The zero-order chi connectivity index (χ0) is 26.6. The smallest absolute Gasteiger partial charge is 0.415 e. The molecule has 2 aromatic rings. The number of alkyl halides is 3. The van der Waals surface area contributed by atoms with Gasteiger partial charge in [0.25, 0.3) is 5.91 Å². The normalized spacial score (nSPS) is 20.8. The number of amides is 2. The minimum absolute atomic E-state index is 0.0260. The van der Waals surface area contributed by atoms with Gasteiger partial charge in [-0.1, -0.05) is 18.2 Å². The second kappa shape index (κ2) is 11.5. The summed E-state index contributed by atoms with van der Waals surface area (Å²) in [6, 6.07) is 10.9. The van der Waals surface area contributed by atoms with Gasteiger partial charge >= 0.3 is 12.3 Å². The highest BCUT2D eigenvalue weighted by atomic mass is 19.4. The predicted molar refractivity (Wildman–Crippen MR) is 128 cm³/mol. The lowest BCUT2D eigenvalue weighted by molar-refractivity contribution is -0.239. The largest absolute Gasteiger partial charge is 0.453 e. The van der Waals surface area contributed by atoms with Crippen molar-refractivity contribution in [2.24, 2.45) is 0 Å². The molecule has 37 heavy (non-hydrogen) atoms. The van der Waals surface area contributed by atoms with E-state index < -0.39 is 36.4 Å². The third-order valence-corrected chi connectivity index (χ3v) is 6.54. The Bertz CT molecular complexity index is 1070. The number of ether oxygens (including phenoxy) is 2. The molecular formula is C25H32F3N5O4. The topological polar surface area (TPSA) is 97.7 Å². The van der Waals surface area contributed by atoms with E-state index in [1.54, 1.807) is 9.58 Å². The highest BCUT2D eigenvalue weighted by molar-refractivity contribution is 5.82. The second-order valence-electron chi connectivity index (χ2n) is 9.30. The van der Waals surface area contributed by atoms with Crippen LogP contribution in [0.4, 0.5) is 18.0 Å². The molecule has 4 rings (SSSR count). The van der Waals surface area contributed by atoms with Gasteiger partial charge in [0.1, 0.15) is 6.10 Å². The Morgan fingerprint density at radius 1 is 1.27 bits per heavy atom. The summed E-state index contributed by atoms with van der Waals surface area (Å²) >= 11 is 0. The van der Waals surface area contributed by atoms with E-state index in [9.17, 15) is 22.8 Å². The number of nitrogens with one attached hydrogen (secondary N) is 2. The first-order valence-electron chi connectivity index (χ1n) is 12.4. The fraction of sp³-hybridized carbons (Fsp3) is 0.560. The summed E-state index contributed by atoms with van der Waals surface area (Å²) in [4.78, 5) is 26.4. The highest BCUT2D eigenvalue weighted by Gasteiger charge is 2.47. The number of para-hydroxylation sites is 1. The molecule has 1 aliphatic carbocycles. The minimum Gasteiger partial charge on any atom is -0.453 e. The van der Waals surface area contributed by atoms with E-state index in [2.05, 4.69) is 15.4 Å². The average molecular weight is 524 g/mol. The molecule has 0 bridgehead atoms. The van der Waals surface area contributed by atoms with Crippen molar-refractivity contribution in [2.75, 3.05) is 26.7 Å². The Labute approximate surface area is 213 Å². The number of hydrogen-bond donors (Lipinski definition) is 2. The summed E-state index contributed by atoms with van der Waals surface area (Å²) in [5, 5.41) is 10.1. The Morgan fingerprint density at radius 3 is 2.65 bits per heavy atom. The van der Waals surface area contributed by atoms with Crippen LogP contribution in [0, 0.1) is 0 Å². The number of carbonyl (C=O) groups is 2. The van der Waals surface area contributed by atoms with Crippen molar-refractivity contribution in [3.05, 3.63) is 47.8 Å². The first kappa shape index (κ1) is 26.9. The zero-order valence-electron chi connectivity index (χ0n) is 20.8. The Morgan fingerprint density at radius 2 is 2.00 bits per heavy atom. The minimum atomic E-state index is -4.55. The summed E-state index contributed by atoms with van der Waals surface area (Å²) in [5.41, 5.74) is 2.36. The van der Waals surface area contributed by atoms with E-state index in [1.165, 1.54) is 7.11 Å². The molecule has 0 unspecified atom stereocenters. The van der Waals surface area contributed by atoms with Crippen LogP contribution in [-0.4, -0.2) is 77.9 Å². The van der Waals surface area contributed by atoms with Gasteiger partial charge in [0.15, 0.2) is 6.10 Å². The maximum absolute atomic E-state index is 13.4. The van der Waals surface area contributed by atoms with Crippen molar-refractivity contribution >= 4 is 12.0 Å². The van der Waals surface area contributed by atoms with Crippen LogP contribution in [-0.2, 0) is 20.7 Å². The highest BCUT2D eigenvalue weighted by Crippen LogP contribution is 2.36. The van der Waals surface area contributed by atoms with Crippen molar-refractivity contribution < 1.29 is 32.2 Å². The lowest BCUT2D eigenvalue weighted by atomic mass is 10.1. The number of morpholine rings is 1. The molecule has 2 fully saturated rings. The molecule has 1 saturated carbocycles. The van der Waals surface area contributed by atoms with E-state index in [-0.39, 0.29) is 19.1 Å². The van der Waals surface area contributed by atoms with Crippen molar-refractivity contribution in [1.29, 1.82) is 0 Å². The molecule has 2 N–H and O–H groups in total. The molecule has 2 heterocycles. The third kappa shape index (κ3) is 6.61. The van der Waals surface area contributed by atoms with Gasteiger partial charge in [-0.15, -0.1) is 0 Å². The Balaban J connectivity index is 1.54. The molecule has 0 radical (unpaired) electrons. The van der Waals surface area contributed by atoms with Crippen LogP contribution in [0.1, 0.15) is 43.6 Å². The van der Waals surface area contributed by atoms with Crippen molar-refractivity contribution in [2.45, 2.75) is 63.1 Å². The maximum Gasteiger partial charge on any atom is 0.415 e. The molecule has 1 aromatic heterocycles. The molecule has 3 atom stereocenters. The molecule has 12 heteroatoms. The number of aryl methyl sites for hydroxylation is 1. The van der Waals surface area contributed by atoms with E-state index >= 15 is 0 Å². The van der Waals surface area contributed by atoms with Crippen molar-refractivity contribution in [3.8, 4) is 5.69 Å². The molecule has 2 amide bonds. The molecule has 1 aliphatic heterocycles. The van der Waals surface area contributed by atoms with Gasteiger partial charge in [-0.25, -0.2) is 9.48 Å². The number of alkyl carbamates (subject to hydrolysis) is 1. The van der Waals surface area contributed by atoms with Crippen LogP contribution in [0.15, 0.2) is 36.4 Å². The maximum atomic E-state index is 13.4. The van der Waals surface area contributed by atoms with E-state index in [0.29, 0.717) is 25.1 Å². The van der Waals surface area contributed by atoms with Crippen LogP contribution < -0.4 is 10.6 Å². The van der Waals surface area contributed by atoms with Crippen LogP contribution in [0.2, 0.25) is 0 Å². The summed E-state index contributed by atoms with van der Waals surface area (Å²) in [7, 11) is 1.30. The van der Waals surface area contributed by atoms with Crippen molar-refractivity contribution in [1.82, 2.24) is 25.3 Å². The number of benzene rings is 1. The molecule has 1 saturated heterocycles. The Hall–Kier alpha value is -3.12. The second-order valence-corrected chi connectivity index (χ2v) is 9.30. The molecule has 9 nitrogen and oxygen atoms in total. The summed E-state index contributed by atoms with van der Waals surface area (Å²) < 4.78 is 51.3. The third-order valence-electron chi connectivity index (χ3n) is 6.54. The van der Waals surface area contributed by atoms with Crippen LogP contribution in [0.25, 0.3) is 5.69 Å². The van der Waals surface area contributed by atoms with Gasteiger partial charge in [-0.2, -0.15) is 18.3 Å². The summed E-state index contributed by atoms with van der Waals surface area (Å²) in [5.74, 6) is -0.463. The summed E-state index contributed by atoms with van der Waals surface area (Å²) in [6.07, 6.45) is -5.50. The lowest BCUT2D eigenvalue weighted by Crippen LogP contribution is -2.56. The van der Waals surface area contributed by atoms with Gasteiger partial charge in [-0.05, 0) is 50.8 Å². The molecular weight excluding hydrogens is 491 g/mol. The number of rotatable bonds is 9. The van der Waals surface area contributed by atoms with Gasteiger partial charge in [0, 0.05) is 31.4 Å². The van der Waals surface area contributed by atoms with Gasteiger partial charge in [-0.3, -0.25) is 4.79 Å². The van der Waals surface area contributed by atoms with Gasteiger partial charge in [0.05, 0.1) is 24.5 Å². The van der Waals surface area contributed by atoms with Gasteiger partial charge in [0.2, 0.25) is 0 Å². The number of methoxy groups -OCH3 is 1. The van der Waals surface area contributed by atoms with Crippen LogP contribution in [0.5, 0.6) is 0 Å². The number of halogens is 3. The number of nitrogens with zero attached hydrogens (tertiary/aromatic N) is 3. The standard InChI is InChI=1S/C25H32F3N5O4/c1-16(32(17-10-11-17)23(34)21-14-29-15-22(37-21)25(26,27)28)20-13-19(9-6-12-30-24(35)36-2)33(31-20)18-7-4-3-5-8-18/h3-5,7-8,13,16-17,21-22,29H,6,9-12,14-15H2,1-2H3,(H,30,35)/t16-,21-,22+/m1/s1. The Kier molecular flexibility index (Phi) is 8.38. The van der Waals surface area contributed by atoms with Gasteiger partial charge < -0.3 is 25.0 Å². The summed E-state index contributed by atoms with van der Waals surface area (Å²) in [6.45, 7) is 1.91. The zero-order valence-corrected chi connectivity index (χ0v) is 20.8. The van der Waals surface area contributed by atoms with Crippen LogP contribution >= 0.6 is 0 Å². The number of aromatic nitrogens is 2. The van der Waals surface area contributed by atoms with Crippen LogP contribution in [0.3, 0.4) is 0 Å². The first-order valence-corrected chi connectivity index (χ1v) is 12.4. The number of hydrogen-bond acceptors (Lipinski definition) is 6. The SMILES string of the molecule is COC(=O)NCCCc1cc([C@@H](C)N(C(=O)[C@H]2CNC[C@@H](C(F)(F)F)O2)C2CC2)nn1-c1ccccc1. The monoisotopic (exact) mass is 523 g/mol. The predicted octanol–water partition coefficient (Wildman–Crippen LogP) is 3.13. The number of carbonyl (C=O) groups excluding carboxylic acids is 2. The van der Waals surface area contributed by atoms with E-state index in [0.717, 1.165) is 24.2 Å². The fourth-order valence-corrected chi connectivity index (χ4v) is 4.47. The molecule has 0 spiro atoms. The average Bonchev–Trinajstić information content (AvgIpc) is 3.64. The fourth-order valence-electron chi connectivity index (χ4n) is 4.47. The van der Waals surface area contributed by atoms with E-state index in [4.69, 9.17) is 9.84 Å². The first-order chi connectivity index (χ1) is 17.7. The quantitative estimate of drug-likeness (QED) is 0.491. The van der Waals surface area contributed by atoms with Crippen molar-refractivity contribution in [3.63, 3.8) is 0 Å². The molecule has 202 valence electrons.